The molecule has 1 heterocycles. The fourth-order valence-electron chi connectivity index (χ4n) is 1.20. The highest BCUT2D eigenvalue weighted by Gasteiger charge is 2.24. The van der Waals surface area contributed by atoms with Crippen molar-refractivity contribution in [2.45, 2.75) is 25.6 Å². The van der Waals surface area contributed by atoms with Crippen LogP contribution in [0.5, 0.6) is 0 Å². The quantitative estimate of drug-likeness (QED) is 0.621. The zero-order valence-electron chi connectivity index (χ0n) is 6.27. The summed E-state index contributed by atoms with van der Waals surface area (Å²) >= 11 is 0. The average Bonchev–Trinajstić information content (AvgIpc) is 1.94. The van der Waals surface area contributed by atoms with Gasteiger partial charge in [0, 0.05) is 13.2 Å². The second-order valence-electron chi connectivity index (χ2n) is 2.50. The Kier molecular flexibility index (Phi) is 3.09. The van der Waals surface area contributed by atoms with Gasteiger partial charge in [-0.2, -0.15) is 0 Å². The van der Waals surface area contributed by atoms with Crippen LogP contribution in [0.4, 0.5) is 4.39 Å². The van der Waals surface area contributed by atoms with E-state index in [2.05, 4.69) is 5.32 Å². The molecule has 1 N–H and O–H groups in total. The van der Waals surface area contributed by atoms with Crippen LogP contribution in [0.15, 0.2) is 0 Å². The van der Waals surface area contributed by atoms with Gasteiger partial charge in [-0.3, -0.25) is 0 Å². The van der Waals surface area contributed by atoms with Crippen LogP contribution >= 0.6 is 0 Å². The van der Waals surface area contributed by atoms with Gasteiger partial charge in [0.05, 0.1) is 6.10 Å². The first-order valence-corrected chi connectivity index (χ1v) is 3.81. The van der Waals surface area contributed by atoms with Crippen molar-refractivity contribution in [3.63, 3.8) is 0 Å². The highest BCUT2D eigenvalue weighted by molar-refractivity contribution is 4.77. The van der Waals surface area contributed by atoms with Crippen LogP contribution in [0.3, 0.4) is 0 Å². The molecule has 1 fully saturated rings. The number of hydrogen-bond acceptors (Lipinski definition) is 2. The average molecular weight is 147 g/mol. The molecule has 2 atom stereocenters. The number of halogens is 1. The lowest BCUT2D eigenvalue weighted by Gasteiger charge is -2.26. The topological polar surface area (TPSA) is 21.3 Å². The van der Waals surface area contributed by atoms with Crippen molar-refractivity contribution in [2.24, 2.45) is 0 Å². The number of hydrogen-bond donors (Lipinski definition) is 1. The van der Waals surface area contributed by atoms with E-state index in [9.17, 15) is 4.39 Å². The van der Waals surface area contributed by atoms with Crippen molar-refractivity contribution in [1.82, 2.24) is 5.32 Å². The van der Waals surface area contributed by atoms with Crippen LogP contribution in [0.2, 0.25) is 0 Å². The zero-order chi connectivity index (χ0) is 7.40. The maximum atomic E-state index is 12.8. The van der Waals surface area contributed by atoms with E-state index in [1.165, 1.54) is 0 Å². The molecule has 0 aromatic carbocycles. The van der Waals surface area contributed by atoms with E-state index >= 15 is 0 Å². The Morgan fingerprint density at radius 3 is 3.10 bits per heavy atom. The summed E-state index contributed by atoms with van der Waals surface area (Å²) in [6, 6.07) is 0. The summed E-state index contributed by atoms with van der Waals surface area (Å²) in [5.74, 6) is 0. The van der Waals surface area contributed by atoms with E-state index in [-0.39, 0.29) is 6.10 Å². The molecule has 0 aliphatic carbocycles. The van der Waals surface area contributed by atoms with Gasteiger partial charge in [0.1, 0.15) is 6.17 Å². The van der Waals surface area contributed by atoms with Crippen LogP contribution in [0.1, 0.15) is 13.3 Å². The minimum atomic E-state index is -0.811. The van der Waals surface area contributed by atoms with Gasteiger partial charge in [-0.05, 0) is 19.9 Å². The van der Waals surface area contributed by atoms with Gasteiger partial charge in [-0.15, -0.1) is 0 Å². The van der Waals surface area contributed by atoms with E-state index in [0.29, 0.717) is 13.2 Å². The number of rotatable bonds is 2. The molecule has 0 aromatic heterocycles. The Hall–Kier alpha value is -0.150. The molecule has 1 rings (SSSR count). The largest absolute Gasteiger partial charge is 0.375 e. The predicted octanol–water partition coefficient (Wildman–Crippen LogP) is 0.723. The lowest BCUT2D eigenvalue weighted by molar-refractivity contribution is -0.0119. The molecule has 60 valence electrons. The summed E-state index contributed by atoms with van der Waals surface area (Å²) in [5.41, 5.74) is 0. The maximum Gasteiger partial charge on any atom is 0.139 e. The second-order valence-corrected chi connectivity index (χ2v) is 2.50. The first kappa shape index (κ1) is 7.95. The van der Waals surface area contributed by atoms with Crippen molar-refractivity contribution in [3.05, 3.63) is 0 Å². The van der Waals surface area contributed by atoms with Gasteiger partial charge < -0.3 is 10.1 Å². The van der Waals surface area contributed by atoms with Gasteiger partial charge in [0.15, 0.2) is 0 Å². The minimum absolute atomic E-state index is 0.161. The highest BCUT2D eigenvalue weighted by Crippen LogP contribution is 2.10. The minimum Gasteiger partial charge on any atom is -0.375 e. The van der Waals surface area contributed by atoms with Gasteiger partial charge in [-0.1, -0.05) is 0 Å². The first-order valence-electron chi connectivity index (χ1n) is 3.81. The third kappa shape index (κ3) is 1.92. The summed E-state index contributed by atoms with van der Waals surface area (Å²) < 4.78 is 18.0. The summed E-state index contributed by atoms with van der Waals surface area (Å²) in [7, 11) is 0. The molecule has 1 saturated heterocycles. The third-order valence-corrected chi connectivity index (χ3v) is 1.73. The Balaban J connectivity index is 2.25. The lowest BCUT2D eigenvalue weighted by atomic mass is 10.1. The van der Waals surface area contributed by atoms with Crippen molar-refractivity contribution >= 4 is 0 Å². The normalized spacial score (nSPS) is 34.2. The summed E-state index contributed by atoms with van der Waals surface area (Å²) in [5, 5.41) is 2.97. The van der Waals surface area contributed by atoms with Crippen molar-refractivity contribution < 1.29 is 9.13 Å². The molecule has 3 heteroatoms. The molecule has 0 spiro atoms. The molecule has 0 saturated carbocycles. The Labute approximate surface area is 60.8 Å². The number of alkyl halides is 1. The predicted molar refractivity (Wildman–Crippen MR) is 37.8 cm³/mol. The third-order valence-electron chi connectivity index (χ3n) is 1.73. The molecule has 0 amide bonds. The fraction of sp³-hybridized carbons (Fsp3) is 1.00. The number of ether oxygens (including phenoxy) is 1. The van der Waals surface area contributed by atoms with Gasteiger partial charge in [0.2, 0.25) is 0 Å². The van der Waals surface area contributed by atoms with E-state index in [4.69, 9.17) is 4.74 Å². The Bertz CT molecular complexity index is 97.6. The van der Waals surface area contributed by atoms with Crippen molar-refractivity contribution in [3.8, 4) is 0 Å². The van der Waals surface area contributed by atoms with Crippen LogP contribution in [0, 0.1) is 0 Å². The molecule has 1 aliphatic rings. The van der Waals surface area contributed by atoms with Crippen molar-refractivity contribution in [1.29, 1.82) is 0 Å². The van der Waals surface area contributed by atoms with Crippen LogP contribution in [-0.4, -0.2) is 32.0 Å². The monoisotopic (exact) mass is 147 g/mol. The first-order chi connectivity index (χ1) is 4.84. The smallest absolute Gasteiger partial charge is 0.139 e. The fourth-order valence-corrected chi connectivity index (χ4v) is 1.20. The highest BCUT2D eigenvalue weighted by atomic mass is 19.1. The van der Waals surface area contributed by atoms with E-state index in [0.717, 1.165) is 13.0 Å². The molecule has 0 radical (unpaired) electrons. The summed E-state index contributed by atoms with van der Waals surface area (Å²) in [6.45, 7) is 3.84. The zero-order valence-corrected chi connectivity index (χ0v) is 6.27. The second kappa shape index (κ2) is 3.88. The van der Waals surface area contributed by atoms with Crippen LogP contribution < -0.4 is 5.32 Å². The molecule has 0 aromatic rings. The van der Waals surface area contributed by atoms with E-state index in [1.807, 2.05) is 6.92 Å². The summed E-state index contributed by atoms with van der Waals surface area (Å²) in [4.78, 5) is 0. The van der Waals surface area contributed by atoms with Gasteiger partial charge in [-0.25, -0.2) is 4.39 Å². The standard InChI is InChI=1S/C7H14FNO/c1-2-10-7-3-4-9-5-6(7)8/h6-7,9H,2-5H2,1H3/t6-,7-/m0/s1. The molecular weight excluding hydrogens is 133 g/mol. The SMILES string of the molecule is CCO[C@H]1CCNC[C@@H]1F. The molecule has 2 nitrogen and oxygen atoms in total. The van der Waals surface area contributed by atoms with Crippen LogP contribution in [0.25, 0.3) is 0 Å². The van der Waals surface area contributed by atoms with E-state index in [1.54, 1.807) is 0 Å². The van der Waals surface area contributed by atoms with Crippen LogP contribution in [-0.2, 0) is 4.74 Å². The maximum absolute atomic E-state index is 12.8. The number of nitrogens with one attached hydrogen (secondary N) is 1. The lowest BCUT2D eigenvalue weighted by Crippen LogP contribution is -2.42. The Morgan fingerprint density at radius 1 is 1.70 bits per heavy atom. The summed E-state index contributed by atoms with van der Waals surface area (Å²) in [6.07, 6.45) is -0.172. The number of piperidine rings is 1. The Morgan fingerprint density at radius 2 is 2.50 bits per heavy atom. The van der Waals surface area contributed by atoms with Gasteiger partial charge in [0.25, 0.3) is 0 Å². The molecule has 0 unspecified atom stereocenters. The van der Waals surface area contributed by atoms with Crippen molar-refractivity contribution in [2.75, 3.05) is 19.7 Å². The van der Waals surface area contributed by atoms with E-state index < -0.39 is 6.17 Å². The molecule has 10 heavy (non-hydrogen) atoms. The molecule has 1 aliphatic heterocycles. The van der Waals surface area contributed by atoms with Gasteiger partial charge >= 0.3 is 0 Å². The molecular formula is C7H14FNO. The molecule has 0 bridgehead atoms.